The molecule has 225 valence electrons. The van der Waals surface area contributed by atoms with E-state index in [1.54, 1.807) is 0 Å². The summed E-state index contributed by atoms with van der Waals surface area (Å²) in [7, 11) is -9.89. The third kappa shape index (κ3) is 20.2. The number of nitrogens with one attached hydrogen (secondary N) is 4. The first-order chi connectivity index (χ1) is 16.8. The zero-order chi connectivity index (χ0) is 27.2. The van der Waals surface area contributed by atoms with E-state index < -0.39 is 20.5 Å². The minimum absolute atomic E-state index is 0. The first-order valence-electron chi connectivity index (χ1n) is 13.0. The van der Waals surface area contributed by atoms with Gasteiger partial charge in [0.05, 0.1) is 0 Å². The van der Waals surface area contributed by atoms with Crippen molar-refractivity contribution in [2.45, 2.75) is 127 Å². The smallest absolute Gasteiger partial charge is 0.312 e. The van der Waals surface area contributed by atoms with Crippen LogP contribution >= 0.6 is 0 Å². The summed E-state index contributed by atoms with van der Waals surface area (Å²) in [4.78, 5) is 0. The standard InChI is InChI=1S/C22H44N4.2ClHO4.Cu/c1-3-17-13-15-23-20-10-6-8-12-22(20)26-18(4-2)14-16-24-19-9-5-7-11-21(19)25-17;2*2-1(3,4)5;/h17-26H,3-16H2,1-2H3;2*(H,2,3,4,5);/q;;;+2/p-2/t17-,18+,19-,20+,21-,22+;;;. The van der Waals surface area contributed by atoms with E-state index in [1.165, 1.54) is 77.0 Å². The third-order valence-corrected chi connectivity index (χ3v) is 7.22. The summed E-state index contributed by atoms with van der Waals surface area (Å²) >= 11 is 0. The van der Waals surface area contributed by atoms with E-state index in [2.05, 4.69) is 35.1 Å². The summed E-state index contributed by atoms with van der Waals surface area (Å²) in [6.45, 7) is 7.03. The van der Waals surface area contributed by atoms with Crippen molar-refractivity contribution in [1.29, 1.82) is 0 Å². The van der Waals surface area contributed by atoms with E-state index in [9.17, 15) is 0 Å². The summed E-state index contributed by atoms with van der Waals surface area (Å²) in [5.41, 5.74) is 0. The van der Waals surface area contributed by atoms with Crippen LogP contribution < -0.4 is 58.5 Å². The fourth-order valence-corrected chi connectivity index (χ4v) is 5.45. The Hall–Kier alpha value is 0.619. The number of hydrogen-bond acceptors (Lipinski definition) is 12. The molecular weight excluding hydrogens is 583 g/mol. The molecule has 0 amide bonds. The van der Waals surface area contributed by atoms with Gasteiger partial charge in [0, 0.05) is 36.3 Å². The van der Waals surface area contributed by atoms with Gasteiger partial charge in [0.2, 0.25) is 0 Å². The molecule has 2 saturated carbocycles. The molecule has 15 heteroatoms. The van der Waals surface area contributed by atoms with Gasteiger partial charge in [-0.1, -0.05) is 39.5 Å². The average molecular weight is 627 g/mol. The Balaban J connectivity index is 0.00000101. The van der Waals surface area contributed by atoms with Gasteiger partial charge >= 0.3 is 17.1 Å². The second-order valence-electron chi connectivity index (χ2n) is 9.78. The predicted octanol–water partition coefficient (Wildman–Crippen LogP) is -6.20. The van der Waals surface area contributed by atoms with Crippen LogP contribution in [0.25, 0.3) is 0 Å². The van der Waals surface area contributed by atoms with E-state index in [0.717, 1.165) is 13.1 Å². The van der Waals surface area contributed by atoms with E-state index in [1.807, 2.05) is 0 Å². The molecule has 2 aliphatic carbocycles. The van der Waals surface area contributed by atoms with E-state index in [-0.39, 0.29) is 17.1 Å². The summed E-state index contributed by atoms with van der Waals surface area (Å²) in [5.74, 6) is 0. The van der Waals surface area contributed by atoms with Crippen molar-refractivity contribution in [2.24, 2.45) is 0 Å². The molecule has 0 bridgehead atoms. The molecule has 1 radical (unpaired) electrons. The summed E-state index contributed by atoms with van der Waals surface area (Å²) in [5, 5.41) is 16.0. The molecule has 0 aromatic rings. The fraction of sp³-hybridized carbons (Fsp3) is 1.00. The maximum absolute atomic E-state index is 8.49. The van der Waals surface area contributed by atoms with Gasteiger partial charge in [0.25, 0.3) is 0 Å². The Labute approximate surface area is 235 Å². The van der Waals surface area contributed by atoms with Crippen molar-refractivity contribution in [1.82, 2.24) is 21.3 Å². The van der Waals surface area contributed by atoms with Crippen LogP contribution in [-0.4, -0.2) is 49.3 Å². The van der Waals surface area contributed by atoms with Crippen LogP contribution in [0, 0.1) is 20.5 Å². The topological polar surface area (TPSA) is 233 Å². The molecular formula is C22H44Cl2CuN4O8. The maximum atomic E-state index is 8.49. The second kappa shape index (κ2) is 19.7. The third-order valence-electron chi connectivity index (χ3n) is 7.22. The molecule has 3 aliphatic rings. The largest absolute Gasteiger partial charge is 2.00 e. The van der Waals surface area contributed by atoms with Gasteiger partial charge in [-0.3, -0.25) is 0 Å². The van der Waals surface area contributed by atoms with Crippen LogP contribution in [0.2, 0.25) is 0 Å². The molecule has 0 aromatic heterocycles. The van der Waals surface area contributed by atoms with Crippen molar-refractivity contribution in [3.05, 3.63) is 0 Å². The summed E-state index contributed by atoms with van der Waals surface area (Å²) < 4.78 is 67.9. The number of hydrogen-bond donors (Lipinski definition) is 4. The Kier molecular flexibility index (Phi) is 20.0. The normalized spacial score (nSPS) is 31.9. The molecule has 1 heterocycles. The van der Waals surface area contributed by atoms with Gasteiger partial charge < -0.3 is 21.3 Å². The van der Waals surface area contributed by atoms with Crippen molar-refractivity contribution in [3.63, 3.8) is 0 Å². The maximum Gasteiger partial charge on any atom is 2.00 e. The number of halogens is 2. The van der Waals surface area contributed by atoms with Gasteiger partial charge in [-0.05, 0) is 64.5 Å². The van der Waals surface area contributed by atoms with Crippen LogP contribution in [0.3, 0.4) is 0 Å². The van der Waals surface area contributed by atoms with Crippen LogP contribution in [0.5, 0.6) is 0 Å². The van der Waals surface area contributed by atoms with Crippen molar-refractivity contribution >= 4 is 0 Å². The van der Waals surface area contributed by atoms with Gasteiger partial charge in [-0.2, -0.15) is 0 Å². The zero-order valence-corrected chi connectivity index (χ0v) is 24.1. The zero-order valence-electron chi connectivity index (χ0n) is 21.7. The van der Waals surface area contributed by atoms with Crippen molar-refractivity contribution in [3.8, 4) is 0 Å². The minimum Gasteiger partial charge on any atom is -0.312 e. The van der Waals surface area contributed by atoms with Crippen LogP contribution in [0.4, 0.5) is 0 Å². The van der Waals surface area contributed by atoms with E-state index >= 15 is 0 Å². The molecule has 4 N–H and O–H groups in total. The van der Waals surface area contributed by atoms with E-state index in [4.69, 9.17) is 37.3 Å². The molecule has 1 saturated heterocycles. The van der Waals surface area contributed by atoms with Gasteiger partial charge in [-0.25, -0.2) is 37.3 Å². The average Bonchev–Trinajstić information content (AvgIpc) is 2.77. The molecule has 3 fully saturated rings. The molecule has 0 spiro atoms. The predicted molar refractivity (Wildman–Crippen MR) is 112 cm³/mol. The Morgan fingerprint density at radius 1 is 0.514 bits per heavy atom. The molecule has 0 unspecified atom stereocenters. The van der Waals surface area contributed by atoms with E-state index in [0.29, 0.717) is 36.3 Å². The van der Waals surface area contributed by atoms with Crippen LogP contribution in [0.15, 0.2) is 0 Å². The summed E-state index contributed by atoms with van der Waals surface area (Å²) in [6.07, 6.45) is 16.0. The second-order valence-corrected chi connectivity index (χ2v) is 11.3. The Morgan fingerprint density at radius 3 is 1.05 bits per heavy atom. The number of fused-ring (bicyclic) bond motifs is 2. The van der Waals surface area contributed by atoms with Crippen molar-refractivity contribution < 1.29 is 74.8 Å². The molecule has 6 atom stereocenters. The van der Waals surface area contributed by atoms with Gasteiger partial charge in [-0.15, -0.1) is 20.5 Å². The quantitative estimate of drug-likeness (QED) is 0.210. The minimum atomic E-state index is -4.94. The first kappa shape index (κ1) is 37.6. The molecule has 0 aromatic carbocycles. The molecule has 1 aliphatic heterocycles. The van der Waals surface area contributed by atoms with Gasteiger partial charge in [0.1, 0.15) is 0 Å². The van der Waals surface area contributed by atoms with Gasteiger partial charge in [0.15, 0.2) is 0 Å². The molecule has 37 heavy (non-hydrogen) atoms. The fourth-order valence-electron chi connectivity index (χ4n) is 5.45. The first-order valence-corrected chi connectivity index (χ1v) is 15.5. The molecule has 3 rings (SSSR count). The monoisotopic (exact) mass is 625 g/mol. The molecule has 12 nitrogen and oxygen atoms in total. The SMILES string of the molecule is CC[C@H]1CCN[C@@H]2CCCC[C@H]2N[C@H](CC)CCN[C@H]2CCCC[C@@H]2N1.[Cu+2].[O-][Cl+3]([O-])([O-])[O-].[O-][Cl+3]([O-])([O-])[O-]. The number of rotatable bonds is 2. The van der Waals surface area contributed by atoms with Crippen LogP contribution in [-0.2, 0) is 17.1 Å². The Morgan fingerprint density at radius 2 is 0.784 bits per heavy atom. The van der Waals surface area contributed by atoms with Crippen LogP contribution in [0.1, 0.15) is 90.9 Å². The van der Waals surface area contributed by atoms with Crippen molar-refractivity contribution in [2.75, 3.05) is 13.1 Å². The Bertz CT molecular complexity index is 518. The summed E-state index contributed by atoms with van der Waals surface area (Å²) in [6, 6.07) is 4.02.